The van der Waals surface area contributed by atoms with E-state index < -0.39 is 0 Å². The zero-order valence-corrected chi connectivity index (χ0v) is 22.6. The summed E-state index contributed by atoms with van der Waals surface area (Å²) in [6.45, 7) is 0.0172. The summed E-state index contributed by atoms with van der Waals surface area (Å²) in [6.07, 6.45) is 2.78. The Morgan fingerprint density at radius 3 is 2.26 bits per heavy atom. The van der Waals surface area contributed by atoms with E-state index >= 15 is 0 Å². The van der Waals surface area contributed by atoms with Crippen LogP contribution in [0, 0.1) is 5.92 Å². The second-order valence-electron chi connectivity index (χ2n) is 9.10. The molecule has 2 fully saturated rings. The summed E-state index contributed by atoms with van der Waals surface area (Å²) in [6, 6.07) is 19.3. The van der Waals surface area contributed by atoms with Gasteiger partial charge in [-0.1, -0.05) is 75.0 Å². The van der Waals surface area contributed by atoms with Crippen molar-refractivity contribution in [2.75, 3.05) is 6.61 Å². The number of carbonyl (C=O) groups excluding carboxylic acids is 1. The molecule has 35 heavy (non-hydrogen) atoms. The Balaban J connectivity index is 1.34. The maximum absolute atomic E-state index is 13.0. The van der Waals surface area contributed by atoms with Gasteiger partial charge < -0.3 is 10.5 Å². The van der Waals surface area contributed by atoms with Crippen molar-refractivity contribution in [2.45, 2.75) is 31.1 Å². The van der Waals surface area contributed by atoms with Gasteiger partial charge in [-0.2, -0.15) is 0 Å². The maximum Gasteiger partial charge on any atom is 0.167 e. The predicted molar refractivity (Wildman–Crippen MR) is 146 cm³/mol. The van der Waals surface area contributed by atoms with Crippen molar-refractivity contribution < 1.29 is 9.53 Å². The third-order valence-corrected chi connectivity index (χ3v) is 8.13. The molecule has 0 radical (unpaired) electrons. The van der Waals surface area contributed by atoms with Crippen LogP contribution in [0.2, 0.25) is 15.1 Å². The van der Waals surface area contributed by atoms with Crippen LogP contribution in [0.3, 0.4) is 0 Å². The van der Waals surface area contributed by atoms with Crippen LogP contribution >= 0.6 is 50.7 Å². The summed E-state index contributed by atoms with van der Waals surface area (Å²) in [5.74, 6) is 1.40. The first-order chi connectivity index (χ1) is 16.8. The van der Waals surface area contributed by atoms with Crippen LogP contribution in [-0.2, 0) is 4.79 Å². The molecule has 0 aromatic heterocycles. The van der Waals surface area contributed by atoms with Gasteiger partial charge in [-0.3, -0.25) is 4.79 Å². The average Bonchev–Trinajstić information content (AvgIpc) is 3.74. The molecule has 3 nitrogen and oxygen atoms in total. The second-order valence-corrected chi connectivity index (χ2v) is 11.2. The monoisotopic (exact) mass is 589 g/mol. The molecule has 3 aromatic carbocycles. The molecule has 2 N–H and O–H groups in total. The normalized spacial score (nSPS) is 19.8. The van der Waals surface area contributed by atoms with Gasteiger partial charge in [0.15, 0.2) is 5.78 Å². The third kappa shape index (κ3) is 5.41. The van der Waals surface area contributed by atoms with Crippen LogP contribution in [0.5, 0.6) is 5.75 Å². The van der Waals surface area contributed by atoms with Crippen molar-refractivity contribution in [3.05, 3.63) is 102 Å². The van der Waals surface area contributed by atoms with Crippen LogP contribution in [0.25, 0.3) is 5.70 Å². The Morgan fingerprint density at radius 2 is 1.63 bits per heavy atom. The fourth-order valence-electron chi connectivity index (χ4n) is 4.45. The molecule has 0 bridgehead atoms. The Labute approximate surface area is 228 Å². The van der Waals surface area contributed by atoms with Crippen molar-refractivity contribution >= 4 is 62.2 Å². The highest BCUT2D eigenvalue weighted by molar-refractivity contribution is 9.10. The highest BCUT2D eigenvalue weighted by atomic mass is 79.9. The zero-order chi connectivity index (χ0) is 24.7. The molecule has 2 unspecified atom stereocenters. The second kappa shape index (κ2) is 10.2. The number of halogens is 4. The Bertz CT molecular complexity index is 1300. The van der Waals surface area contributed by atoms with E-state index in [0.29, 0.717) is 43.8 Å². The SMILES string of the molecule is N/C(=C(/COc1ccc(C2CC2c2ccc(Br)cc2)c(Cl)c1)C(=O)C1CC1)c1c(Cl)cccc1Cl. The van der Waals surface area contributed by atoms with Gasteiger partial charge in [0.25, 0.3) is 0 Å². The molecule has 2 atom stereocenters. The van der Waals surface area contributed by atoms with Crippen LogP contribution in [0.4, 0.5) is 0 Å². The molecule has 0 aliphatic heterocycles. The first-order valence-electron chi connectivity index (χ1n) is 11.5. The van der Waals surface area contributed by atoms with Crippen LogP contribution in [-0.4, -0.2) is 12.4 Å². The molecule has 7 heteroatoms. The quantitative estimate of drug-likeness (QED) is 0.268. The lowest BCUT2D eigenvalue weighted by molar-refractivity contribution is -0.116. The zero-order valence-electron chi connectivity index (χ0n) is 18.7. The van der Waals surface area contributed by atoms with Crippen LogP contribution in [0.15, 0.2) is 70.7 Å². The largest absolute Gasteiger partial charge is 0.489 e. The third-order valence-electron chi connectivity index (χ3n) is 6.65. The summed E-state index contributed by atoms with van der Waals surface area (Å²) in [5.41, 5.74) is 9.97. The maximum atomic E-state index is 13.0. The van der Waals surface area contributed by atoms with Gasteiger partial charge in [0.05, 0.1) is 21.3 Å². The van der Waals surface area contributed by atoms with E-state index in [1.807, 2.05) is 18.2 Å². The number of hydrogen-bond acceptors (Lipinski definition) is 3. The van der Waals surface area contributed by atoms with Gasteiger partial charge in [-0.05, 0) is 78.6 Å². The molecule has 0 saturated heterocycles. The Hall–Kier alpha value is -1.98. The molecule has 2 aliphatic rings. The van der Waals surface area contributed by atoms with E-state index in [-0.39, 0.29) is 24.0 Å². The Morgan fingerprint density at radius 1 is 0.943 bits per heavy atom. The Kier molecular flexibility index (Phi) is 7.18. The summed E-state index contributed by atoms with van der Waals surface area (Å²) < 4.78 is 7.09. The van der Waals surface area contributed by atoms with Gasteiger partial charge in [0.2, 0.25) is 0 Å². The average molecular weight is 592 g/mol. The van der Waals surface area contributed by atoms with E-state index in [4.69, 9.17) is 45.3 Å². The molecule has 2 aliphatic carbocycles. The van der Waals surface area contributed by atoms with Gasteiger partial charge in [0, 0.05) is 21.0 Å². The topological polar surface area (TPSA) is 52.3 Å². The number of Topliss-reactive ketones (excluding diaryl/α,β-unsaturated/α-hetero) is 1. The number of benzene rings is 3. The minimum Gasteiger partial charge on any atom is -0.489 e. The smallest absolute Gasteiger partial charge is 0.167 e. The first kappa shape index (κ1) is 24.7. The summed E-state index contributed by atoms with van der Waals surface area (Å²) >= 11 is 22.8. The standard InChI is InChI=1S/C28H23BrCl3NO2/c29-17-8-6-15(7-9-17)20-13-21(20)19-11-10-18(12-25(19)32)35-14-22(28(34)16-4-5-16)27(33)26-23(30)2-1-3-24(26)31/h1-3,6-12,16,20-21H,4-5,13-14,33H2/b27-22-. The van der Waals surface area contributed by atoms with E-state index in [1.165, 1.54) is 5.56 Å². The lowest BCUT2D eigenvalue weighted by atomic mass is 10.0. The molecule has 2 saturated carbocycles. The van der Waals surface area contributed by atoms with Crippen LogP contribution in [0.1, 0.15) is 47.8 Å². The minimum atomic E-state index is -0.0233. The number of nitrogens with two attached hydrogens (primary N) is 1. The van der Waals surface area contributed by atoms with Crippen molar-refractivity contribution in [1.29, 1.82) is 0 Å². The van der Waals surface area contributed by atoms with Crippen molar-refractivity contribution in [2.24, 2.45) is 11.7 Å². The highest BCUT2D eigenvalue weighted by Gasteiger charge is 2.40. The van der Waals surface area contributed by atoms with E-state index in [2.05, 4.69) is 40.2 Å². The number of ketones is 1. The summed E-state index contributed by atoms with van der Waals surface area (Å²) in [5, 5.41) is 1.45. The van der Waals surface area contributed by atoms with Gasteiger partial charge in [-0.15, -0.1) is 0 Å². The lowest BCUT2D eigenvalue weighted by Gasteiger charge is -2.15. The molecule has 180 valence electrons. The first-order valence-corrected chi connectivity index (χ1v) is 13.4. The molecule has 0 amide bonds. The van der Waals surface area contributed by atoms with Crippen molar-refractivity contribution in [3.8, 4) is 5.75 Å². The minimum absolute atomic E-state index is 0.0171. The number of ether oxygens (including phenoxy) is 1. The molecular formula is C28H23BrCl3NO2. The van der Waals surface area contributed by atoms with Crippen LogP contribution < -0.4 is 10.5 Å². The molecular weight excluding hydrogens is 569 g/mol. The predicted octanol–water partition coefficient (Wildman–Crippen LogP) is 8.41. The molecule has 3 aromatic rings. The number of carbonyl (C=O) groups is 1. The lowest BCUT2D eigenvalue weighted by Crippen LogP contribution is -2.18. The van der Waals surface area contributed by atoms with Crippen molar-refractivity contribution in [1.82, 2.24) is 0 Å². The van der Waals surface area contributed by atoms with Crippen molar-refractivity contribution in [3.63, 3.8) is 0 Å². The van der Waals surface area contributed by atoms with E-state index in [9.17, 15) is 4.79 Å². The van der Waals surface area contributed by atoms with E-state index in [0.717, 1.165) is 29.3 Å². The molecule has 5 rings (SSSR count). The van der Waals surface area contributed by atoms with Gasteiger partial charge in [-0.25, -0.2) is 0 Å². The number of rotatable bonds is 8. The highest BCUT2D eigenvalue weighted by Crippen LogP contribution is 2.56. The number of hydrogen-bond donors (Lipinski definition) is 1. The molecule has 0 spiro atoms. The van der Waals surface area contributed by atoms with Gasteiger partial charge >= 0.3 is 0 Å². The van der Waals surface area contributed by atoms with E-state index in [1.54, 1.807) is 18.2 Å². The fraction of sp³-hybridized carbons (Fsp3) is 0.250. The van der Waals surface area contributed by atoms with Gasteiger partial charge in [0.1, 0.15) is 12.4 Å². The summed E-state index contributed by atoms with van der Waals surface area (Å²) in [7, 11) is 0. The molecule has 0 heterocycles. The summed E-state index contributed by atoms with van der Waals surface area (Å²) in [4.78, 5) is 13.0. The fourth-order valence-corrected chi connectivity index (χ4v) is 5.63.